The molecule has 0 radical (unpaired) electrons. The average molecular weight is 382 g/mol. The van der Waals surface area contributed by atoms with Gasteiger partial charge in [-0.2, -0.15) is 0 Å². The Kier molecular flexibility index (Phi) is 8.06. The fraction of sp³-hybridized carbons (Fsp3) is 0.458. The molecule has 5 rings (SSSR count). The molecule has 3 aliphatic rings. The van der Waals surface area contributed by atoms with Gasteiger partial charge in [-0.1, -0.05) is 84.1 Å². The monoisotopic (exact) mass is 381 g/mol. The molecule has 28 heavy (non-hydrogen) atoms. The van der Waals surface area contributed by atoms with Crippen molar-refractivity contribution < 1.29 is 0 Å². The van der Waals surface area contributed by atoms with Crippen LogP contribution in [0.15, 0.2) is 58.9 Å². The number of allylic oxidation sites excluding steroid dienone is 6. The highest BCUT2D eigenvalue weighted by Gasteiger charge is 2.43. The highest BCUT2D eigenvalue weighted by atomic mass is 16.1. The smallest absolute Gasteiger partial charge is 0.302 e. The maximum Gasteiger partial charge on any atom is 0.329 e. The van der Waals surface area contributed by atoms with Gasteiger partial charge >= 0.3 is 5.69 Å². The number of nitrogens with zero attached hydrogens (tertiary/aromatic N) is 2. The first-order valence-corrected chi connectivity index (χ1v) is 10.8. The number of para-hydroxylation sites is 1. The lowest BCUT2D eigenvalue weighted by Gasteiger charge is -2.10. The third-order valence-electron chi connectivity index (χ3n) is 4.90. The van der Waals surface area contributed by atoms with Crippen LogP contribution in [0.1, 0.15) is 59.6 Å². The van der Waals surface area contributed by atoms with Crippen LogP contribution in [0.5, 0.6) is 0 Å². The summed E-state index contributed by atoms with van der Waals surface area (Å²) in [4.78, 5) is 12.9. The highest BCUT2D eigenvalue weighted by Crippen LogP contribution is 2.39. The van der Waals surface area contributed by atoms with Gasteiger partial charge < -0.3 is 5.32 Å². The lowest BCUT2D eigenvalue weighted by atomic mass is 10.0. The van der Waals surface area contributed by atoms with Crippen LogP contribution in [0.4, 0.5) is 0 Å². The minimum atomic E-state index is 0.118. The Morgan fingerprint density at radius 3 is 2.54 bits per heavy atom. The molecular weight excluding hydrogens is 346 g/mol. The van der Waals surface area contributed by atoms with E-state index in [4.69, 9.17) is 0 Å². The molecule has 2 atom stereocenters. The number of benzene rings is 1. The molecule has 1 aliphatic carbocycles. The van der Waals surface area contributed by atoms with E-state index in [0.29, 0.717) is 18.6 Å². The average Bonchev–Trinajstić information content (AvgIpc) is 3.55. The molecule has 1 saturated heterocycles. The van der Waals surface area contributed by atoms with E-state index in [1.807, 2.05) is 62.8 Å². The molecule has 2 aromatic rings. The van der Waals surface area contributed by atoms with Crippen LogP contribution in [-0.4, -0.2) is 15.2 Å². The van der Waals surface area contributed by atoms with E-state index in [0.717, 1.165) is 24.0 Å². The van der Waals surface area contributed by atoms with Crippen LogP contribution in [0, 0.1) is 0 Å². The van der Waals surface area contributed by atoms with Gasteiger partial charge in [-0.3, -0.25) is 9.13 Å². The summed E-state index contributed by atoms with van der Waals surface area (Å²) in [7, 11) is 0. The Morgan fingerprint density at radius 2 is 1.79 bits per heavy atom. The van der Waals surface area contributed by atoms with Crippen molar-refractivity contribution in [2.24, 2.45) is 0 Å². The second-order valence-corrected chi connectivity index (χ2v) is 6.29. The Bertz CT molecular complexity index is 927. The van der Waals surface area contributed by atoms with Gasteiger partial charge in [-0.15, -0.1) is 0 Å². The van der Waals surface area contributed by atoms with Gasteiger partial charge in [0, 0.05) is 19.1 Å². The van der Waals surface area contributed by atoms with Crippen LogP contribution >= 0.6 is 0 Å². The number of rotatable bonds is 2. The second kappa shape index (κ2) is 10.3. The van der Waals surface area contributed by atoms with E-state index < -0.39 is 0 Å². The first-order chi connectivity index (χ1) is 13.8. The summed E-state index contributed by atoms with van der Waals surface area (Å²) in [5.74, 6) is 0. The largest absolute Gasteiger partial charge is 0.329 e. The molecule has 1 aromatic heterocycles. The summed E-state index contributed by atoms with van der Waals surface area (Å²) >= 11 is 0. The SMILES string of the molecule is CC.CC.CC.O=c1n(CC2=CC=CC=CC2)c2cccc3c2n1CC1NC31. The third kappa shape index (κ3) is 4.07. The molecule has 0 bridgehead atoms. The maximum absolute atomic E-state index is 12.9. The Labute approximate surface area is 169 Å². The van der Waals surface area contributed by atoms with E-state index in [-0.39, 0.29) is 5.69 Å². The number of nitrogens with one attached hydrogen (secondary N) is 1. The van der Waals surface area contributed by atoms with Crippen molar-refractivity contribution in [1.82, 2.24) is 14.5 Å². The van der Waals surface area contributed by atoms with Crippen LogP contribution in [0.25, 0.3) is 11.0 Å². The van der Waals surface area contributed by atoms with Crippen molar-refractivity contribution in [2.45, 2.75) is 73.1 Å². The Hall–Kier alpha value is -2.33. The summed E-state index contributed by atoms with van der Waals surface area (Å²) in [6, 6.07) is 7.18. The highest BCUT2D eigenvalue weighted by molar-refractivity contribution is 5.82. The van der Waals surface area contributed by atoms with Crippen molar-refractivity contribution in [2.75, 3.05) is 0 Å². The quantitative estimate of drug-likeness (QED) is 0.713. The molecule has 4 nitrogen and oxygen atoms in total. The zero-order valence-electron chi connectivity index (χ0n) is 18.2. The molecule has 1 N–H and O–H groups in total. The number of imidazole rings is 1. The van der Waals surface area contributed by atoms with Crippen LogP contribution in [0.2, 0.25) is 0 Å². The standard InChI is InChI=1S/C18H17N3O.3C2H6/c22-18-20(10-12-6-3-1-2-4-7-12)15-9-5-8-13-16-14(19-16)11-21(18)17(13)15;3*1-2/h1-6,8-9,14,16,19H,7,10-11H2;3*1-2H3. The normalized spacial score (nSPS) is 20.3. The van der Waals surface area contributed by atoms with Crippen molar-refractivity contribution in [1.29, 1.82) is 0 Å². The molecule has 4 heteroatoms. The molecule has 1 fully saturated rings. The predicted octanol–water partition coefficient (Wildman–Crippen LogP) is 5.35. The summed E-state index contributed by atoms with van der Waals surface area (Å²) in [5, 5.41) is 3.46. The summed E-state index contributed by atoms with van der Waals surface area (Å²) in [6.45, 7) is 13.5. The number of hydrogen-bond donors (Lipinski definition) is 1. The molecule has 0 amide bonds. The van der Waals surface area contributed by atoms with Gasteiger partial charge in [-0.25, -0.2) is 4.79 Å². The van der Waals surface area contributed by atoms with E-state index in [9.17, 15) is 4.79 Å². The summed E-state index contributed by atoms with van der Waals surface area (Å²) < 4.78 is 3.89. The van der Waals surface area contributed by atoms with Crippen LogP contribution < -0.4 is 11.0 Å². The zero-order chi connectivity index (χ0) is 20.7. The third-order valence-corrected chi connectivity index (χ3v) is 4.90. The fourth-order valence-corrected chi connectivity index (χ4v) is 3.76. The van der Waals surface area contributed by atoms with Gasteiger partial charge in [0.25, 0.3) is 0 Å². The molecule has 0 saturated carbocycles. The molecule has 0 spiro atoms. The Morgan fingerprint density at radius 1 is 1.04 bits per heavy atom. The van der Waals surface area contributed by atoms with Gasteiger partial charge in [0.05, 0.1) is 17.1 Å². The molecule has 2 aliphatic heterocycles. The van der Waals surface area contributed by atoms with Gasteiger partial charge in [0.15, 0.2) is 0 Å². The van der Waals surface area contributed by atoms with Crippen molar-refractivity contribution in [3.63, 3.8) is 0 Å². The van der Waals surface area contributed by atoms with Crippen molar-refractivity contribution in [3.05, 3.63) is 70.2 Å². The lowest BCUT2D eigenvalue weighted by Crippen LogP contribution is -2.28. The molecule has 1 aromatic carbocycles. The predicted molar refractivity (Wildman–Crippen MR) is 121 cm³/mol. The Balaban J connectivity index is 0.000000430. The lowest BCUT2D eigenvalue weighted by molar-refractivity contribution is 0.620. The maximum atomic E-state index is 12.9. The van der Waals surface area contributed by atoms with Gasteiger partial charge in [-0.05, 0) is 23.6 Å². The van der Waals surface area contributed by atoms with Gasteiger partial charge in [0.1, 0.15) is 0 Å². The van der Waals surface area contributed by atoms with E-state index in [2.05, 4.69) is 41.7 Å². The molecular formula is C24H35N3O. The van der Waals surface area contributed by atoms with E-state index >= 15 is 0 Å². The topological polar surface area (TPSA) is 48.9 Å². The first kappa shape index (κ1) is 22.0. The fourth-order valence-electron chi connectivity index (χ4n) is 3.76. The zero-order valence-corrected chi connectivity index (χ0v) is 18.2. The van der Waals surface area contributed by atoms with Crippen LogP contribution in [-0.2, 0) is 13.1 Å². The summed E-state index contributed by atoms with van der Waals surface area (Å²) in [6.07, 6.45) is 11.3. The van der Waals surface area contributed by atoms with E-state index in [1.54, 1.807) is 0 Å². The first-order valence-electron chi connectivity index (χ1n) is 10.8. The minimum Gasteiger partial charge on any atom is -0.302 e. The van der Waals surface area contributed by atoms with E-state index in [1.165, 1.54) is 11.1 Å². The molecule has 2 unspecified atom stereocenters. The number of hydrogen-bond acceptors (Lipinski definition) is 2. The summed E-state index contributed by atoms with van der Waals surface area (Å²) in [5.41, 5.74) is 4.85. The molecule has 3 heterocycles. The minimum absolute atomic E-state index is 0.118. The second-order valence-electron chi connectivity index (χ2n) is 6.29. The van der Waals surface area contributed by atoms with Crippen molar-refractivity contribution in [3.8, 4) is 0 Å². The van der Waals surface area contributed by atoms with Gasteiger partial charge in [0.2, 0.25) is 0 Å². The van der Waals surface area contributed by atoms with Crippen molar-refractivity contribution >= 4 is 11.0 Å². The number of aromatic nitrogens is 2. The number of fused-ring (bicyclic) bond motifs is 2. The van der Waals surface area contributed by atoms with Crippen LogP contribution in [0.3, 0.4) is 0 Å². The molecule has 152 valence electrons.